The molecule has 2 N–H and O–H groups in total. The Hall–Kier alpha value is -3.20. The van der Waals surface area contributed by atoms with E-state index >= 15 is 0 Å². The molecule has 2 aliphatic rings. The molecule has 4 rings (SSSR count). The van der Waals surface area contributed by atoms with Crippen LogP contribution in [0.2, 0.25) is 0 Å². The fraction of sp³-hybridized carbons (Fsp3) is 0.517. The number of pyridine rings is 1. The van der Waals surface area contributed by atoms with Gasteiger partial charge in [-0.3, -0.25) is 9.78 Å². The topological polar surface area (TPSA) is 147 Å². The normalized spacial score (nSPS) is 19.8. The molecule has 1 aromatic heterocycles. The van der Waals surface area contributed by atoms with Gasteiger partial charge >= 0.3 is 12.1 Å². The number of piperazine rings is 1. The number of nitrogens with zero attached hydrogens (tertiary/aromatic N) is 3. The van der Waals surface area contributed by atoms with Crippen LogP contribution in [0.1, 0.15) is 40.2 Å². The van der Waals surface area contributed by atoms with E-state index in [0.717, 1.165) is 4.31 Å². The smallest absolute Gasteiger partial charge is 0.415 e. The second-order valence-corrected chi connectivity index (χ2v) is 15.4. The van der Waals surface area contributed by atoms with Gasteiger partial charge in [-0.05, 0) is 64.4 Å². The van der Waals surface area contributed by atoms with Crippen molar-refractivity contribution >= 4 is 39.8 Å². The Kier molecular flexibility index (Phi) is 10.0. The zero-order chi connectivity index (χ0) is 31.4. The Morgan fingerprint density at radius 1 is 1.14 bits per heavy atom. The second-order valence-electron chi connectivity index (χ2n) is 11.9. The Labute approximate surface area is 256 Å². The van der Waals surface area contributed by atoms with Crippen molar-refractivity contribution in [2.45, 2.75) is 68.4 Å². The van der Waals surface area contributed by atoms with Crippen LogP contribution >= 0.6 is 11.8 Å². The highest BCUT2D eigenvalue weighted by molar-refractivity contribution is 8.02. The molecule has 0 saturated carbocycles. The molecule has 43 heavy (non-hydrogen) atoms. The first-order chi connectivity index (χ1) is 20.2. The van der Waals surface area contributed by atoms with Gasteiger partial charge in [-0.1, -0.05) is 12.1 Å². The van der Waals surface area contributed by atoms with E-state index in [1.807, 2.05) is 0 Å². The van der Waals surface area contributed by atoms with Crippen LogP contribution in [0.25, 0.3) is 0 Å². The number of carbonyl (C=O) groups excluding carboxylic acids is 3. The van der Waals surface area contributed by atoms with Gasteiger partial charge in [-0.2, -0.15) is 4.31 Å². The molecule has 0 unspecified atom stereocenters. The third-order valence-corrected chi connectivity index (χ3v) is 10.3. The van der Waals surface area contributed by atoms with Crippen LogP contribution in [0.4, 0.5) is 4.79 Å². The van der Waals surface area contributed by atoms with Crippen LogP contribution in [0.3, 0.4) is 0 Å². The second kappa shape index (κ2) is 13.2. The molecule has 2 fully saturated rings. The minimum atomic E-state index is -4.05. The molecule has 3 heterocycles. The number of ether oxygens (including phenoxy) is 2. The lowest BCUT2D eigenvalue weighted by Crippen LogP contribution is -2.57. The highest BCUT2D eigenvalue weighted by Gasteiger charge is 2.51. The van der Waals surface area contributed by atoms with Gasteiger partial charge < -0.3 is 25.0 Å². The average Bonchev–Trinajstić information content (AvgIpc) is 3.29. The van der Waals surface area contributed by atoms with Crippen molar-refractivity contribution in [3.63, 3.8) is 0 Å². The number of rotatable bonds is 8. The molecular formula is C29H39N5O7S2. The summed E-state index contributed by atoms with van der Waals surface area (Å²) in [5, 5.41) is 5.96. The van der Waals surface area contributed by atoms with Gasteiger partial charge in [0.2, 0.25) is 15.9 Å². The van der Waals surface area contributed by atoms with E-state index in [9.17, 15) is 22.8 Å². The van der Waals surface area contributed by atoms with Crippen molar-refractivity contribution in [2.24, 2.45) is 0 Å². The summed E-state index contributed by atoms with van der Waals surface area (Å²) in [7, 11) is -4.05. The van der Waals surface area contributed by atoms with Gasteiger partial charge in [0.25, 0.3) is 0 Å². The number of amides is 2. The number of benzene rings is 1. The number of thioether (sulfide) groups is 1. The molecule has 12 nitrogen and oxygen atoms in total. The first-order valence-electron chi connectivity index (χ1n) is 14.0. The summed E-state index contributed by atoms with van der Waals surface area (Å²) in [5.74, 6) is -0.848. The van der Waals surface area contributed by atoms with Crippen molar-refractivity contribution < 1.29 is 32.3 Å². The molecule has 2 saturated heterocycles. The van der Waals surface area contributed by atoms with Gasteiger partial charge in [0.05, 0.1) is 5.88 Å². The summed E-state index contributed by atoms with van der Waals surface area (Å²) >= 11 is 1.33. The summed E-state index contributed by atoms with van der Waals surface area (Å²) in [6.07, 6.45) is 2.35. The summed E-state index contributed by atoms with van der Waals surface area (Å²) in [6, 6.07) is 7.42. The number of carbonyl (C=O) groups is 3. The van der Waals surface area contributed by atoms with Crippen LogP contribution in [-0.2, 0) is 30.8 Å². The van der Waals surface area contributed by atoms with Crippen molar-refractivity contribution in [2.75, 3.05) is 32.1 Å². The minimum Gasteiger partial charge on any atom is -0.458 e. The van der Waals surface area contributed by atoms with Crippen LogP contribution < -0.4 is 15.4 Å². The summed E-state index contributed by atoms with van der Waals surface area (Å²) in [5.41, 5.74) is -0.140. The van der Waals surface area contributed by atoms with Crippen LogP contribution in [0.15, 0.2) is 53.7 Å². The maximum Gasteiger partial charge on any atom is 0.415 e. The number of hydrogen-bond acceptors (Lipinski definition) is 10. The van der Waals surface area contributed by atoms with Crippen LogP contribution in [0, 0.1) is 0 Å². The predicted octanol–water partition coefficient (Wildman–Crippen LogP) is 2.40. The summed E-state index contributed by atoms with van der Waals surface area (Å²) in [6.45, 7) is 11.3. The maximum atomic E-state index is 13.8. The van der Waals surface area contributed by atoms with Gasteiger partial charge in [0.15, 0.2) is 0 Å². The molecule has 2 amide bonds. The zero-order valence-corrected chi connectivity index (χ0v) is 26.7. The molecule has 2 aliphatic heterocycles. The summed E-state index contributed by atoms with van der Waals surface area (Å²) < 4.78 is 38.5. The molecule has 2 atom stereocenters. The van der Waals surface area contributed by atoms with Gasteiger partial charge in [0.1, 0.15) is 28.3 Å². The lowest BCUT2D eigenvalue weighted by atomic mass is 10.0. The SMILES string of the molecule is CC(C)(C)OC(=O)[C@H](Cc1ccc(OC(=O)N2CCNCC2)cc1)NC(=O)[C@H]1N(S(=O)(=O)c2cccnc2)CSC1(C)C. The maximum absolute atomic E-state index is 13.8. The fourth-order valence-electron chi connectivity index (χ4n) is 4.78. The molecule has 0 radical (unpaired) electrons. The average molecular weight is 634 g/mol. The van der Waals surface area contributed by atoms with Crippen molar-refractivity contribution in [3.8, 4) is 5.75 Å². The Morgan fingerprint density at radius 2 is 1.81 bits per heavy atom. The molecule has 1 aromatic carbocycles. The van der Waals surface area contributed by atoms with Gasteiger partial charge in [-0.15, -0.1) is 11.8 Å². The Bertz CT molecular complexity index is 1410. The highest BCUT2D eigenvalue weighted by atomic mass is 32.2. The summed E-state index contributed by atoms with van der Waals surface area (Å²) in [4.78, 5) is 45.1. The number of hydrogen-bond donors (Lipinski definition) is 2. The van der Waals surface area contributed by atoms with E-state index in [-0.39, 0.29) is 17.2 Å². The molecule has 2 aromatic rings. The molecule has 0 bridgehead atoms. The van der Waals surface area contributed by atoms with Crippen LogP contribution in [-0.4, -0.2) is 95.1 Å². The van der Waals surface area contributed by atoms with E-state index in [1.54, 1.807) is 63.8 Å². The highest BCUT2D eigenvalue weighted by Crippen LogP contribution is 2.42. The largest absolute Gasteiger partial charge is 0.458 e. The predicted molar refractivity (Wildman–Crippen MR) is 162 cm³/mol. The quantitative estimate of drug-likeness (QED) is 0.416. The van der Waals surface area contributed by atoms with Crippen LogP contribution in [0.5, 0.6) is 5.75 Å². The van der Waals surface area contributed by atoms with Crippen molar-refractivity contribution in [1.29, 1.82) is 0 Å². The molecule has 0 spiro atoms. The lowest BCUT2D eigenvalue weighted by Gasteiger charge is -2.32. The number of nitrogens with one attached hydrogen (secondary N) is 2. The van der Waals surface area contributed by atoms with E-state index in [4.69, 9.17) is 9.47 Å². The minimum absolute atomic E-state index is 0.0208. The Morgan fingerprint density at radius 3 is 2.42 bits per heavy atom. The van der Waals surface area contributed by atoms with E-state index in [0.29, 0.717) is 37.5 Å². The monoisotopic (exact) mass is 633 g/mol. The standard InChI is InChI=1S/C29H39N5O7S2/c1-28(2,3)41-26(36)23(17-20-8-10-21(11-9-20)40-27(37)33-15-13-30-14-16-33)32-25(35)24-29(4,5)42-19-34(24)43(38,39)22-7-6-12-31-18-22/h6-12,18,23-24,30H,13-17,19H2,1-5H3,(H,32,35)/t23-,24+/m0/s1. The first-order valence-corrected chi connectivity index (χ1v) is 16.5. The molecule has 0 aliphatic carbocycles. The van der Waals surface area contributed by atoms with Crippen molar-refractivity contribution in [3.05, 3.63) is 54.4 Å². The van der Waals surface area contributed by atoms with Crippen molar-refractivity contribution in [1.82, 2.24) is 24.8 Å². The van der Waals surface area contributed by atoms with E-state index in [2.05, 4.69) is 15.6 Å². The number of aromatic nitrogens is 1. The molecule has 14 heteroatoms. The third-order valence-electron chi connectivity index (χ3n) is 6.95. The number of esters is 1. The lowest BCUT2D eigenvalue weighted by molar-refractivity contribution is -0.158. The zero-order valence-electron chi connectivity index (χ0n) is 25.0. The Balaban J connectivity index is 1.52. The van der Waals surface area contributed by atoms with E-state index in [1.165, 1.54) is 36.3 Å². The first kappa shape index (κ1) is 32.7. The van der Waals surface area contributed by atoms with E-state index < -0.39 is 50.4 Å². The molecular weight excluding hydrogens is 594 g/mol. The van der Waals surface area contributed by atoms with Gasteiger partial charge in [-0.25, -0.2) is 18.0 Å². The van der Waals surface area contributed by atoms with Gasteiger partial charge in [0, 0.05) is 49.7 Å². The number of sulfonamides is 1. The molecule has 234 valence electrons. The third kappa shape index (κ3) is 8.25. The fourth-order valence-corrected chi connectivity index (χ4v) is 7.91.